The second kappa shape index (κ2) is 8.61. The SMILES string of the molecule is O=C(Nc1cccc(Cl)c1)N1CCC(C(F)(F)C(O)c2cc(Cl)cc3cn[nH]c23)CC1. The number of anilines is 1. The van der Waals surface area contributed by atoms with E-state index < -0.39 is 17.9 Å². The molecule has 1 atom stereocenters. The highest BCUT2D eigenvalue weighted by Crippen LogP contribution is 2.44. The number of nitrogens with zero attached hydrogens (tertiary/aromatic N) is 2. The minimum absolute atomic E-state index is 0.00567. The third-order valence-electron chi connectivity index (χ3n) is 5.61. The van der Waals surface area contributed by atoms with Gasteiger partial charge in [-0.2, -0.15) is 5.10 Å². The number of H-pyrrole nitrogens is 1. The topological polar surface area (TPSA) is 81.2 Å². The normalized spacial score (nSPS) is 16.5. The van der Waals surface area contributed by atoms with E-state index in [-0.39, 0.29) is 42.5 Å². The zero-order valence-electron chi connectivity index (χ0n) is 16.3. The number of aromatic nitrogens is 2. The van der Waals surface area contributed by atoms with Crippen LogP contribution in [0.3, 0.4) is 0 Å². The summed E-state index contributed by atoms with van der Waals surface area (Å²) in [4.78, 5) is 13.9. The number of urea groups is 1. The third kappa shape index (κ3) is 4.46. The highest BCUT2D eigenvalue weighted by molar-refractivity contribution is 6.31. The second-order valence-electron chi connectivity index (χ2n) is 7.61. The summed E-state index contributed by atoms with van der Waals surface area (Å²) in [6.45, 7) is 0.294. The van der Waals surface area contributed by atoms with Crippen molar-refractivity contribution in [2.75, 3.05) is 18.4 Å². The minimum atomic E-state index is -3.40. The first kappa shape index (κ1) is 21.8. The van der Waals surface area contributed by atoms with Crippen LogP contribution >= 0.6 is 23.2 Å². The van der Waals surface area contributed by atoms with Gasteiger partial charge in [0.25, 0.3) is 5.92 Å². The van der Waals surface area contributed by atoms with Crippen LogP contribution in [0.15, 0.2) is 42.6 Å². The zero-order valence-corrected chi connectivity index (χ0v) is 17.8. The number of rotatable bonds is 4. The lowest BCUT2D eigenvalue weighted by molar-refractivity contribution is -0.159. The number of benzene rings is 2. The van der Waals surface area contributed by atoms with Crippen molar-refractivity contribution >= 4 is 45.8 Å². The molecular weight excluding hydrogens is 449 g/mol. The maximum atomic E-state index is 15.2. The Hall–Kier alpha value is -2.42. The van der Waals surface area contributed by atoms with Crippen molar-refractivity contribution in [3.8, 4) is 0 Å². The largest absolute Gasteiger partial charge is 0.382 e. The first-order valence-electron chi connectivity index (χ1n) is 9.75. The van der Waals surface area contributed by atoms with E-state index in [0.29, 0.717) is 21.6 Å². The molecule has 2 aromatic carbocycles. The van der Waals surface area contributed by atoms with E-state index in [1.54, 1.807) is 30.3 Å². The van der Waals surface area contributed by atoms with Crippen molar-refractivity contribution in [2.24, 2.45) is 5.92 Å². The van der Waals surface area contributed by atoms with Crippen molar-refractivity contribution in [1.82, 2.24) is 15.1 Å². The van der Waals surface area contributed by atoms with Crippen molar-refractivity contribution in [3.05, 3.63) is 58.2 Å². The van der Waals surface area contributed by atoms with Crippen molar-refractivity contribution in [1.29, 1.82) is 0 Å². The molecular formula is C21H20Cl2F2N4O2. The molecule has 3 aromatic rings. The Kier molecular flexibility index (Phi) is 6.05. The number of hydrogen-bond donors (Lipinski definition) is 3. The van der Waals surface area contributed by atoms with Crippen molar-refractivity contribution < 1.29 is 18.7 Å². The molecule has 31 heavy (non-hydrogen) atoms. The minimum Gasteiger partial charge on any atom is -0.382 e. The number of aliphatic hydroxyl groups excluding tert-OH is 1. The Morgan fingerprint density at radius 2 is 1.97 bits per heavy atom. The summed E-state index contributed by atoms with van der Waals surface area (Å²) in [5.41, 5.74) is 0.867. The maximum Gasteiger partial charge on any atom is 0.321 e. The predicted octanol–water partition coefficient (Wildman–Crippen LogP) is 5.48. The van der Waals surface area contributed by atoms with Crippen LogP contribution in [0.1, 0.15) is 24.5 Å². The summed E-state index contributed by atoms with van der Waals surface area (Å²) < 4.78 is 30.4. The molecule has 2 amide bonds. The Balaban J connectivity index is 1.43. The van der Waals surface area contributed by atoms with E-state index >= 15 is 8.78 Å². The van der Waals surface area contributed by atoms with Crippen LogP contribution < -0.4 is 5.32 Å². The van der Waals surface area contributed by atoms with Crippen molar-refractivity contribution in [3.63, 3.8) is 0 Å². The van der Waals surface area contributed by atoms with Gasteiger partial charge < -0.3 is 15.3 Å². The summed E-state index contributed by atoms with van der Waals surface area (Å²) in [6, 6.07) is 9.24. The molecule has 2 heterocycles. The van der Waals surface area contributed by atoms with Gasteiger partial charge in [-0.25, -0.2) is 13.6 Å². The fourth-order valence-corrected chi connectivity index (χ4v) is 4.35. The number of piperidine rings is 1. The Morgan fingerprint density at radius 1 is 1.23 bits per heavy atom. The number of aromatic amines is 1. The van der Waals surface area contributed by atoms with Crippen LogP contribution in [0.25, 0.3) is 10.9 Å². The molecule has 1 aromatic heterocycles. The van der Waals surface area contributed by atoms with Gasteiger partial charge >= 0.3 is 6.03 Å². The molecule has 0 aliphatic carbocycles. The summed E-state index contributed by atoms with van der Waals surface area (Å²) in [5.74, 6) is -4.49. The van der Waals surface area contributed by atoms with E-state index in [1.807, 2.05) is 0 Å². The summed E-state index contributed by atoms with van der Waals surface area (Å²) >= 11 is 11.9. The molecule has 3 N–H and O–H groups in total. The van der Waals surface area contributed by atoms with E-state index in [1.165, 1.54) is 17.2 Å². The maximum absolute atomic E-state index is 15.2. The molecule has 6 nitrogen and oxygen atoms in total. The van der Waals surface area contributed by atoms with Gasteiger partial charge in [0.2, 0.25) is 0 Å². The quantitative estimate of drug-likeness (QED) is 0.473. The lowest BCUT2D eigenvalue weighted by Crippen LogP contribution is -2.46. The third-order valence-corrected chi connectivity index (χ3v) is 6.06. The Morgan fingerprint density at radius 3 is 2.68 bits per heavy atom. The Bertz CT molecular complexity index is 1100. The van der Waals surface area contributed by atoms with Gasteiger partial charge in [-0.15, -0.1) is 0 Å². The number of halogens is 4. The monoisotopic (exact) mass is 468 g/mol. The highest BCUT2D eigenvalue weighted by Gasteiger charge is 2.48. The molecule has 1 aliphatic rings. The average molecular weight is 469 g/mol. The van der Waals surface area contributed by atoms with Gasteiger partial charge in [-0.05, 0) is 43.2 Å². The fourth-order valence-electron chi connectivity index (χ4n) is 3.93. The van der Waals surface area contributed by atoms with Crippen LogP contribution in [0.4, 0.5) is 19.3 Å². The van der Waals surface area contributed by atoms with Crippen LogP contribution in [-0.4, -0.2) is 45.2 Å². The molecule has 0 saturated carbocycles. The second-order valence-corrected chi connectivity index (χ2v) is 8.48. The van der Waals surface area contributed by atoms with Crippen LogP contribution in [0, 0.1) is 5.92 Å². The molecule has 0 bridgehead atoms. The number of nitrogens with one attached hydrogen (secondary N) is 2. The Labute approximate surface area is 187 Å². The van der Waals surface area contributed by atoms with Gasteiger partial charge in [-0.1, -0.05) is 29.3 Å². The number of carbonyl (C=O) groups is 1. The summed E-state index contributed by atoms with van der Waals surface area (Å²) in [6.07, 6.45) is -0.475. The lowest BCUT2D eigenvalue weighted by atomic mass is 9.85. The molecule has 10 heteroatoms. The smallest absolute Gasteiger partial charge is 0.321 e. The molecule has 164 valence electrons. The van der Waals surface area contributed by atoms with E-state index in [9.17, 15) is 9.90 Å². The van der Waals surface area contributed by atoms with Gasteiger partial charge in [0.05, 0.1) is 11.7 Å². The van der Waals surface area contributed by atoms with E-state index in [2.05, 4.69) is 15.5 Å². The van der Waals surface area contributed by atoms with Gasteiger partial charge in [0.1, 0.15) is 6.10 Å². The molecule has 0 radical (unpaired) electrons. The predicted molar refractivity (Wildman–Crippen MR) is 116 cm³/mol. The number of fused-ring (bicyclic) bond motifs is 1. The van der Waals surface area contributed by atoms with E-state index in [4.69, 9.17) is 23.2 Å². The van der Waals surface area contributed by atoms with Gasteiger partial charge in [-0.3, -0.25) is 5.10 Å². The molecule has 1 aliphatic heterocycles. The van der Waals surface area contributed by atoms with Gasteiger partial charge in [0.15, 0.2) is 0 Å². The number of carbonyl (C=O) groups excluding carboxylic acids is 1. The number of likely N-dealkylation sites (tertiary alicyclic amines) is 1. The molecule has 1 saturated heterocycles. The van der Waals surface area contributed by atoms with Gasteiger partial charge in [0, 0.05) is 45.7 Å². The lowest BCUT2D eigenvalue weighted by Gasteiger charge is -2.37. The fraction of sp³-hybridized carbons (Fsp3) is 0.333. The summed E-state index contributed by atoms with van der Waals surface area (Å²) in [5, 5.41) is 21.1. The van der Waals surface area contributed by atoms with Crippen LogP contribution in [0.2, 0.25) is 10.0 Å². The summed E-state index contributed by atoms with van der Waals surface area (Å²) in [7, 11) is 0. The first-order chi connectivity index (χ1) is 14.8. The zero-order chi connectivity index (χ0) is 22.2. The number of alkyl halides is 2. The molecule has 4 rings (SSSR count). The standard InChI is InChI=1S/C21H20Cl2F2N4O2/c22-14-2-1-3-16(9-14)27-20(31)29-6-4-13(5-7-29)21(24,25)19(30)17-10-15(23)8-12-11-26-28-18(12)17/h1-3,8-11,13,19,30H,4-7H2,(H,26,28)(H,27,31). The number of aliphatic hydroxyl groups is 1. The van der Waals surface area contributed by atoms with E-state index in [0.717, 1.165) is 0 Å². The molecule has 1 unspecified atom stereocenters. The molecule has 0 spiro atoms. The first-order valence-corrected chi connectivity index (χ1v) is 10.5. The number of hydrogen-bond acceptors (Lipinski definition) is 3. The van der Waals surface area contributed by atoms with Crippen LogP contribution in [-0.2, 0) is 0 Å². The highest BCUT2D eigenvalue weighted by atomic mass is 35.5. The molecule has 1 fully saturated rings. The van der Waals surface area contributed by atoms with Crippen molar-refractivity contribution in [2.45, 2.75) is 24.9 Å². The number of amides is 2. The van der Waals surface area contributed by atoms with Crippen LogP contribution in [0.5, 0.6) is 0 Å². The average Bonchev–Trinajstić information content (AvgIpc) is 3.21.